The minimum Gasteiger partial charge on any atom is -0.313 e. The first-order valence-electron chi connectivity index (χ1n) is 5.04. The Hall–Kier alpha value is -1.05. The van der Waals surface area contributed by atoms with Crippen molar-refractivity contribution in [3.8, 4) is 0 Å². The molecule has 1 aliphatic rings. The molecule has 0 amide bonds. The highest BCUT2D eigenvalue weighted by molar-refractivity contribution is 5.20. The molecule has 2 rings (SSSR count). The lowest BCUT2D eigenvalue weighted by Crippen LogP contribution is -2.18. The van der Waals surface area contributed by atoms with Crippen molar-refractivity contribution in [2.24, 2.45) is 0 Å². The highest BCUT2D eigenvalue weighted by Gasteiger charge is 2.11. The lowest BCUT2D eigenvalue weighted by Gasteiger charge is -2.04. The molecule has 70 valence electrons. The Morgan fingerprint density at radius 3 is 3.08 bits per heavy atom. The molecular formula is C11H15NO. The van der Waals surface area contributed by atoms with E-state index in [1.54, 1.807) is 6.07 Å². The van der Waals surface area contributed by atoms with Crippen LogP contribution < -0.4 is 5.56 Å². The summed E-state index contributed by atoms with van der Waals surface area (Å²) in [6.07, 6.45) is 4.35. The Bertz CT molecular complexity index is 365. The summed E-state index contributed by atoms with van der Waals surface area (Å²) in [5, 5.41) is 0. The second-order valence-corrected chi connectivity index (χ2v) is 3.70. The van der Waals surface area contributed by atoms with Gasteiger partial charge in [-0.3, -0.25) is 4.79 Å². The van der Waals surface area contributed by atoms with Crippen molar-refractivity contribution in [1.82, 2.24) is 4.57 Å². The zero-order valence-corrected chi connectivity index (χ0v) is 8.05. The van der Waals surface area contributed by atoms with E-state index in [0.717, 1.165) is 32.2 Å². The maximum Gasteiger partial charge on any atom is 0.250 e. The van der Waals surface area contributed by atoms with Gasteiger partial charge in [0.1, 0.15) is 0 Å². The highest BCUT2D eigenvalue weighted by atomic mass is 16.1. The lowest BCUT2D eigenvalue weighted by molar-refractivity contribution is 0.717. The van der Waals surface area contributed by atoms with E-state index in [0.29, 0.717) is 0 Å². The first-order valence-corrected chi connectivity index (χ1v) is 5.04. The van der Waals surface area contributed by atoms with Crippen molar-refractivity contribution >= 4 is 0 Å². The van der Waals surface area contributed by atoms with Crippen LogP contribution in [-0.2, 0) is 19.4 Å². The number of nitrogens with zero attached hydrogens (tertiary/aromatic N) is 1. The third-order valence-electron chi connectivity index (χ3n) is 2.63. The summed E-state index contributed by atoms with van der Waals surface area (Å²) >= 11 is 0. The molecule has 1 aromatic rings. The van der Waals surface area contributed by atoms with Crippen LogP contribution in [0.25, 0.3) is 0 Å². The molecular weight excluding hydrogens is 162 g/mol. The van der Waals surface area contributed by atoms with Crippen LogP contribution in [0, 0.1) is 0 Å². The number of pyridine rings is 1. The van der Waals surface area contributed by atoms with Gasteiger partial charge in [0.05, 0.1) is 0 Å². The van der Waals surface area contributed by atoms with Crippen LogP contribution in [0.5, 0.6) is 0 Å². The molecule has 2 heteroatoms. The van der Waals surface area contributed by atoms with Crippen molar-refractivity contribution < 1.29 is 0 Å². The van der Waals surface area contributed by atoms with E-state index in [1.165, 1.54) is 11.3 Å². The Morgan fingerprint density at radius 1 is 1.46 bits per heavy atom. The van der Waals surface area contributed by atoms with Crippen LogP contribution in [-0.4, -0.2) is 4.57 Å². The third-order valence-corrected chi connectivity index (χ3v) is 2.63. The Labute approximate surface area is 78.2 Å². The molecule has 0 radical (unpaired) electrons. The van der Waals surface area contributed by atoms with Gasteiger partial charge in [0, 0.05) is 18.3 Å². The topological polar surface area (TPSA) is 22.0 Å². The summed E-state index contributed by atoms with van der Waals surface area (Å²) in [6.45, 7) is 3.06. The van der Waals surface area contributed by atoms with Crippen LogP contribution in [0.2, 0.25) is 0 Å². The molecule has 0 saturated heterocycles. The average molecular weight is 177 g/mol. The SMILES string of the molecule is CCCc1cc2n(c(=O)c1)CCC2. The molecule has 0 saturated carbocycles. The molecule has 0 spiro atoms. The molecule has 0 unspecified atom stereocenters. The summed E-state index contributed by atoms with van der Waals surface area (Å²) in [7, 11) is 0. The Kier molecular flexibility index (Phi) is 2.21. The van der Waals surface area contributed by atoms with E-state index >= 15 is 0 Å². The molecule has 1 aliphatic heterocycles. The number of rotatable bonds is 2. The molecule has 0 aliphatic carbocycles. The van der Waals surface area contributed by atoms with Gasteiger partial charge in [0.2, 0.25) is 0 Å². The predicted molar refractivity (Wildman–Crippen MR) is 53.0 cm³/mol. The minimum atomic E-state index is 0.193. The monoisotopic (exact) mass is 177 g/mol. The van der Waals surface area contributed by atoms with E-state index < -0.39 is 0 Å². The molecule has 2 nitrogen and oxygen atoms in total. The van der Waals surface area contributed by atoms with Gasteiger partial charge in [0.25, 0.3) is 5.56 Å². The van der Waals surface area contributed by atoms with Crippen molar-refractivity contribution in [2.45, 2.75) is 39.2 Å². The summed E-state index contributed by atoms with van der Waals surface area (Å²) in [5.41, 5.74) is 2.63. The standard InChI is InChI=1S/C11H15NO/c1-2-4-9-7-10-5-3-6-12(10)11(13)8-9/h7-8H,2-6H2,1H3. The molecule has 13 heavy (non-hydrogen) atoms. The maximum absolute atomic E-state index is 11.6. The van der Waals surface area contributed by atoms with Crippen LogP contribution >= 0.6 is 0 Å². The number of aromatic nitrogens is 1. The van der Waals surface area contributed by atoms with Gasteiger partial charge in [-0.1, -0.05) is 13.3 Å². The predicted octanol–water partition coefficient (Wildman–Crippen LogP) is 1.75. The Balaban J connectivity index is 2.44. The average Bonchev–Trinajstić information content (AvgIpc) is 2.53. The summed E-state index contributed by atoms with van der Waals surface area (Å²) < 4.78 is 1.90. The van der Waals surface area contributed by atoms with Gasteiger partial charge in [0.15, 0.2) is 0 Å². The molecule has 2 heterocycles. The van der Waals surface area contributed by atoms with Gasteiger partial charge < -0.3 is 4.57 Å². The molecule has 0 atom stereocenters. The largest absolute Gasteiger partial charge is 0.313 e. The second-order valence-electron chi connectivity index (χ2n) is 3.70. The Morgan fingerprint density at radius 2 is 2.31 bits per heavy atom. The normalized spacial score (nSPS) is 14.5. The fourth-order valence-corrected chi connectivity index (χ4v) is 2.02. The van der Waals surface area contributed by atoms with Crippen molar-refractivity contribution in [3.05, 3.63) is 33.7 Å². The van der Waals surface area contributed by atoms with E-state index in [1.807, 2.05) is 4.57 Å². The van der Waals surface area contributed by atoms with Crippen molar-refractivity contribution in [3.63, 3.8) is 0 Å². The molecule has 0 aromatic carbocycles. The van der Waals surface area contributed by atoms with Gasteiger partial charge in [-0.2, -0.15) is 0 Å². The van der Waals surface area contributed by atoms with Crippen molar-refractivity contribution in [1.29, 1.82) is 0 Å². The van der Waals surface area contributed by atoms with Gasteiger partial charge in [-0.25, -0.2) is 0 Å². The first-order chi connectivity index (χ1) is 6.31. The number of fused-ring (bicyclic) bond motifs is 1. The van der Waals surface area contributed by atoms with Crippen LogP contribution in [0.3, 0.4) is 0 Å². The second kappa shape index (κ2) is 3.36. The fraction of sp³-hybridized carbons (Fsp3) is 0.545. The fourth-order valence-electron chi connectivity index (χ4n) is 2.02. The van der Waals surface area contributed by atoms with E-state index in [9.17, 15) is 4.79 Å². The smallest absolute Gasteiger partial charge is 0.250 e. The van der Waals surface area contributed by atoms with Gasteiger partial charge in [-0.15, -0.1) is 0 Å². The summed E-state index contributed by atoms with van der Waals surface area (Å²) in [4.78, 5) is 11.6. The van der Waals surface area contributed by atoms with Crippen LogP contribution in [0.15, 0.2) is 16.9 Å². The van der Waals surface area contributed by atoms with Crippen molar-refractivity contribution in [2.75, 3.05) is 0 Å². The highest BCUT2D eigenvalue weighted by Crippen LogP contribution is 2.13. The lowest BCUT2D eigenvalue weighted by atomic mass is 10.1. The first kappa shape index (κ1) is 8.54. The van der Waals surface area contributed by atoms with E-state index in [4.69, 9.17) is 0 Å². The van der Waals surface area contributed by atoms with E-state index in [-0.39, 0.29) is 5.56 Å². The van der Waals surface area contributed by atoms with E-state index in [2.05, 4.69) is 13.0 Å². The zero-order valence-electron chi connectivity index (χ0n) is 8.05. The summed E-state index contributed by atoms with van der Waals surface area (Å²) in [5.74, 6) is 0. The molecule has 0 N–H and O–H groups in total. The quantitative estimate of drug-likeness (QED) is 0.674. The van der Waals surface area contributed by atoms with Crippen LogP contribution in [0.4, 0.5) is 0 Å². The van der Waals surface area contributed by atoms with Gasteiger partial charge in [-0.05, 0) is 30.9 Å². The minimum absolute atomic E-state index is 0.193. The molecule has 0 fully saturated rings. The summed E-state index contributed by atoms with van der Waals surface area (Å²) in [6, 6.07) is 3.98. The maximum atomic E-state index is 11.6. The number of hydrogen-bond donors (Lipinski definition) is 0. The number of aryl methyl sites for hydroxylation is 2. The zero-order chi connectivity index (χ0) is 9.26. The number of hydrogen-bond acceptors (Lipinski definition) is 1. The third kappa shape index (κ3) is 1.53. The van der Waals surface area contributed by atoms with Crippen LogP contribution in [0.1, 0.15) is 31.0 Å². The van der Waals surface area contributed by atoms with Gasteiger partial charge >= 0.3 is 0 Å². The molecule has 0 bridgehead atoms. The molecule has 1 aromatic heterocycles.